The second-order valence-electron chi connectivity index (χ2n) is 23.5. The Morgan fingerprint density at radius 1 is 0.516 bits per heavy atom. The number of nitrogens with one attached hydrogen (secondary N) is 2. The quantitative estimate of drug-likeness (QED) is 0.0314. The molecule has 4 unspecified atom stereocenters. The van der Waals surface area contributed by atoms with E-state index >= 15 is 8.78 Å². The van der Waals surface area contributed by atoms with Gasteiger partial charge >= 0.3 is 58.6 Å². The summed E-state index contributed by atoms with van der Waals surface area (Å²) in [7, 11) is -4.48. The molecule has 8 heterocycles. The van der Waals surface area contributed by atoms with Gasteiger partial charge in [-0.1, -0.05) is 40.5 Å². The van der Waals surface area contributed by atoms with Crippen LogP contribution < -0.4 is 44.9 Å². The number of halogens is 9. The lowest BCUT2D eigenvalue weighted by molar-refractivity contribution is -0.141. The predicted octanol–water partition coefficient (Wildman–Crippen LogP) is 5.35. The Hall–Kier alpha value is -6.58. The van der Waals surface area contributed by atoms with Crippen LogP contribution in [0.5, 0.6) is 0 Å². The normalized spacial score (nSPS) is 26.1. The number of anilines is 4. The van der Waals surface area contributed by atoms with Crippen LogP contribution in [0.25, 0.3) is 0 Å². The number of carbonyl (C=O) groups is 2. The van der Waals surface area contributed by atoms with E-state index in [0.717, 1.165) is 52.7 Å². The van der Waals surface area contributed by atoms with Gasteiger partial charge in [0.15, 0.2) is 28.8 Å². The molecule has 8 rings (SSSR count). The third-order valence-electron chi connectivity index (χ3n) is 13.9. The summed E-state index contributed by atoms with van der Waals surface area (Å²) in [6.07, 6.45) is -13.2. The number of aliphatic hydroxyl groups is 4. The maximum Gasteiger partial charge on any atom is 0.412 e. The molecule has 41 heteroatoms. The molecule has 0 aromatic carbocycles. The van der Waals surface area contributed by atoms with Crippen LogP contribution in [0, 0.1) is 0 Å². The number of unbranched alkanes of at least 4 members (excludes halogenated alkanes) is 2. The standard InChI is InChI=1S/C18H29F2N3O5Si.C14H19F2N3O6.C13H21F2N3O3Si.C9H11F2N3O4.ClH/c1-6-8-11-26-17(25)22-13-9-10-23(16(24)21-13)15-18(19,20)14(12(7-2)27-15)28-29(3,4)5;1-2-3-6-24-13(23)18-9-4-5-19(12(22)17-9)11-14(15,16)10(21)8(7-20)25-11;1-5-8-10(21-22(2,3)4)13(14,15)11(20-8)18-7-6-9(16)17-12(18)19;10-9(11)6(16)4(3-15)18-7(9)14-2-1-5(12)13-8(14)17;/h9-10,12,14-15H,6-8,11H2,1-5H3,(H,21,22,24,25);4-5,8,10-11,20-21H,2-3,6-7H2,1H3,(H,17,18,22,23);6-8,10-11H,5H2,1-4H3,(H2,16,17,19);1-2,4,6-7,15-16H,3H2,(H2,12,13,17);1H/t12-,14?,15-;2*8-,10?,11-;4-,6?,7-;/m1111./s1. The number of amides is 2. The van der Waals surface area contributed by atoms with Crippen molar-refractivity contribution in [2.75, 3.05) is 48.5 Å². The lowest BCUT2D eigenvalue weighted by Gasteiger charge is -2.30. The van der Waals surface area contributed by atoms with E-state index in [0.29, 0.717) is 34.8 Å². The van der Waals surface area contributed by atoms with Crippen molar-refractivity contribution in [3.63, 3.8) is 0 Å². The first kappa shape index (κ1) is 80.9. The van der Waals surface area contributed by atoms with Crippen LogP contribution in [-0.2, 0) is 37.3 Å². The maximum absolute atomic E-state index is 15.1. The van der Waals surface area contributed by atoms with Gasteiger partial charge in [0.25, 0.3) is 0 Å². The molecule has 95 heavy (non-hydrogen) atoms. The van der Waals surface area contributed by atoms with Gasteiger partial charge in [0.05, 0.1) is 38.6 Å². The van der Waals surface area contributed by atoms with Gasteiger partial charge in [-0.05, 0) is 89.2 Å². The van der Waals surface area contributed by atoms with E-state index in [-0.39, 0.29) is 48.9 Å². The summed E-state index contributed by atoms with van der Waals surface area (Å²) in [5.74, 6) is -14.7. The largest absolute Gasteiger partial charge is 0.449 e. The summed E-state index contributed by atoms with van der Waals surface area (Å²) >= 11 is 0. The van der Waals surface area contributed by atoms with Gasteiger partial charge in [-0.15, -0.1) is 12.4 Å². The summed E-state index contributed by atoms with van der Waals surface area (Å²) in [6, 6.07) is 4.80. The van der Waals surface area contributed by atoms with Gasteiger partial charge in [-0.25, -0.2) is 28.8 Å². The molecular weight excluding hydrogens is 1350 g/mol. The smallest absolute Gasteiger partial charge is 0.412 e. The van der Waals surface area contributed by atoms with E-state index in [4.69, 9.17) is 59.0 Å². The van der Waals surface area contributed by atoms with Crippen molar-refractivity contribution in [1.82, 2.24) is 38.2 Å². The third kappa shape index (κ3) is 20.3. The number of aromatic nitrogens is 8. The third-order valence-corrected chi connectivity index (χ3v) is 15.8. The number of hydrogen-bond donors (Lipinski definition) is 8. The molecule has 4 aromatic heterocycles. The minimum absolute atomic E-state index is 0. The first-order valence-electron chi connectivity index (χ1n) is 29.6. The van der Waals surface area contributed by atoms with Crippen molar-refractivity contribution < 1.29 is 102 Å². The minimum atomic E-state index is -3.80. The zero-order valence-corrected chi connectivity index (χ0v) is 56.1. The molecule has 12 atom stereocenters. The molecule has 2 amide bonds. The molecule has 0 radical (unpaired) electrons. The highest BCUT2D eigenvalue weighted by atomic mass is 35.5. The van der Waals surface area contributed by atoms with Gasteiger partial charge in [0, 0.05) is 24.8 Å². The maximum atomic E-state index is 15.1. The molecule has 4 saturated heterocycles. The Morgan fingerprint density at radius 2 is 0.800 bits per heavy atom. The monoisotopic (exact) mass is 1430 g/mol. The summed E-state index contributed by atoms with van der Waals surface area (Å²) < 4.78 is 159. The lowest BCUT2D eigenvalue weighted by atomic mass is 10.1. The molecule has 0 spiro atoms. The van der Waals surface area contributed by atoms with Gasteiger partial charge < -0.3 is 69.2 Å². The average Bonchev–Trinajstić information content (AvgIpc) is 1.65. The number of rotatable bonds is 20. The van der Waals surface area contributed by atoms with Gasteiger partial charge in [-0.2, -0.15) is 55.1 Å². The van der Waals surface area contributed by atoms with Crippen molar-refractivity contribution >= 4 is 64.5 Å². The van der Waals surface area contributed by atoms with E-state index < -0.39 is 162 Å². The molecule has 0 aliphatic carbocycles. The Labute approximate surface area is 545 Å². The molecule has 4 fully saturated rings. The molecule has 4 aliphatic heterocycles. The van der Waals surface area contributed by atoms with Crippen molar-refractivity contribution in [1.29, 1.82) is 0 Å². The first-order valence-corrected chi connectivity index (χ1v) is 36.4. The fourth-order valence-corrected chi connectivity index (χ4v) is 11.4. The Kier molecular flexibility index (Phi) is 28.6. The Bertz CT molecular complexity index is 3430. The number of hydrogen-bond acceptors (Lipinski definition) is 24. The summed E-state index contributed by atoms with van der Waals surface area (Å²) in [6.45, 7) is 17.1. The highest BCUT2D eigenvalue weighted by Crippen LogP contribution is 2.48. The van der Waals surface area contributed by atoms with Crippen LogP contribution >= 0.6 is 12.4 Å². The molecular formula is C54H81ClF8N12O18Si2. The van der Waals surface area contributed by atoms with Crippen LogP contribution in [0.3, 0.4) is 0 Å². The number of nitrogens with two attached hydrogens (primary N) is 2. The predicted molar refractivity (Wildman–Crippen MR) is 328 cm³/mol. The topological polar surface area (TPSA) is 405 Å². The number of nitrogen functional groups attached to an aromatic ring is 2. The van der Waals surface area contributed by atoms with E-state index in [1.165, 1.54) is 18.3 Å². The van der Waals surface area contributed by atoms with Crippen LogP contribution in [0.4, 0.5) is 68.0 Å². The Morgan fingerprint density at radius 3 is 1.05 bits per heavy atom. The van der Waals surface area contributed by atoms with Gasteiger partial charge in [0.2, 0.25) is 24.9 Å². The molecule has 10 N–H and O–H groups in total. The van der Waals surface area contributed by atoms with Crippen molar-refractivity contribution in [3.8, 4) is 0 Å². The number of alkyl halides is 8. The fourth-order valence-electron chi connectivity index (χ4n) is 9.29. The van der Waals surface area contributed by atoms with Crippen molar-refractivity contribution in [2.45, 2.75) is 203 Å². The minimum Gasteiger partial charge on any atom is -0.449 e. The van der Waals surface area contributed by atoms with E-state index in [1.807, 2.05) is 53.1 Å². The molecule has 0 bridgehead atoms. The first-order chi connectivity index (χ1) is 43.7. The molecule has 4 aliphatic rings. The summed E-state index contributed by atoms with van der Waals surface area (Å²) in [4.78, 5) is 84.6. The van der Waals surface area contributed by atoms with E-state index in [1.54, 1.807) is 13.8 Å². The van der Waals surface area contributed by atoms with Crippen molar-refractivity contribution in [3.05, 3.63) is 91.0 Å². The number of nitrogens with zero attached hydrogens (tertiary/aromatic N) is 8. The summed E-state index contributed by atoms with van der Waals surface area (Å²) in [5, 5.41) is 41.0. The Balaban J connectivity index is 0.000000272. The second kappa shape index (κ2) is 33.6. The van der Waals surface area contributed by atoms with Gasteiger partial charge in [0.1, 0.15) is 47.7 Å². The molecule has 30 nitrogen and oxygen atoms in total. The van der Waals surface area contributed by atoms with Crippen molar-refractivity contribution in [2.24, 2.45) is 0 Å². The number of aliphatic hydroxyl groups excluding tert-OH is 4. The zero-order chi connectivity index (χ0) is 70.6. The molecule has 0 saturated carbocycles. The summed E-state index contributed by atoms with van der Waals surface area (Å²) in [5.41, 5.74) is 6.64. The average molecular weight is 1430 g/mol. The fraction of sp³-hybridized carbons (Fsp3) is 0.667. The second-order valence-corrected chi connectivity index (χ2v) is 32.4. The van der Waals surface area contributed by atoms with Crippen LogP contribution in [0.2, 0.25) is 39.3 Å². The molecule has 536 valence electrons. The number of ether oxygens (including phenoxy) is 6. The van der Waals surface area contributed by atoms with Crippen LogP contribution in [-0.4, -0.2) is 186 Å². The van der Waals surface area contributed by atoms with E-state index in [9.17, 15) is 65.3 Å². The zero-order valence-electron chi connectivity index (χ0n) is 53.3. The van der Waals surface area contributed by atoms with Crippen LogP contribution in [0.1, 0.15) is 91.1 Å². The molecule has 4 aromatic rings. The number of carbonyl (C=O) groups excluding carboxylic acids is 2. The highest BCUT2D eigenvalue weighted by Gasteiger charge is 2.64. The highest BCUT2D eigenvalue weighted by molar-refractivity contribution is 6.70. The van der Waals surface area contributed by atoms with Gasteiger partial charge in [-0.3, -0.25) is 28.9 Å². The van der Waals surface area contributed by atoms with E-state index in [2.05, 4.69) is 30.6 Å². The SMILES string of the molecule is CCCCOC(=O)Nc1ccn([C@@H]2O[C@H](CC)C(O[Si](C)(C)C)C2(F)F)c(=O)n1.CCCCOC(=O)Nc1ccn([C@@H]2O[C@H](CO)C(O)C2(F)F)c(=O)n1.CC[C@H]1O[C@@H](n2ccc(N)nc2=O)C(F)(F)C1O[Si](C)(C)C.Cl.Nc1ccn([C@@H]2O[C@H](CO)C(O)C2(F)F)c(=O)n1. The lowest BCUT2D eigenvalue weighted by Crippen LogP contribution is -2.47. The van der Waals surface area contributed by atoms with Crippen LogP contribution in [0.15, 0.2) is 68.2 Å².